The van der Waals surface area contributed by atoms with Gasteiger partial charge in [0.25, 0.3) is 0 Å². The van der Waals surface area contributed by atoms with Crippen LogP contribution < -0.4 is 10.6 Å². The fourth-order valence-electron chi connectivity index (χ4n) is 1.47. The van der Waals surface area contributed by atoms with Gasteiger partial charge in [0.2, 0.25) is 0 Å². The zero-order valence-corrected chi connectivity index (χ0v) is 12.5. The monoisotopic (exact) mass is 270 g/mol. The Hall–Kier alpha value is -1.17. The summed E-state index contributed by atoms with van der Waals surface area (Å²) in [6.45, 7) is 7.61. The molecule has 1 aromatic rings. The first-order chi connectivity index (χ1) is 8.58. The van der Waals surface area contributed by atoms with Gasteiger partial charge >= 0.3 is 0 Å². The summed E-state index contributed by atoms with van der Waals surface area (Å²) < 4.78 is 5.12. The number of guanidine groups is 1. The first-order valence-corrected chi connectivity index (χ1v) is 7.26. The third kappa shape index (κ3) is 4.25. The van der Waals surface area contributed by atoms with E-state index in [0.717, 1.165) is 29.5 Å². The van der Waals surface area contributed by atoms with Crippen molar-refractivity contribution in [3.8, 4) is 0 Å². The molecule has 0 radical (unpaired) electrons. The molecule has 5 nitrogen and oxygen atoms in total. The Balaban J connectivity index is 2.46. The highest BCUT2D eigenvalue weighted by Crippen LogP contribution is 2.11. The van der Waals surface area contributed by atoms with Gasteiger partial charge in [-0.2, -0.15) is 11.8 Å². The van der Waals surface area contributed by atoms with Gasteiger partial charge in [-0.3, -0.25) is 4.99 Å². The summed E-state index contributed by atoms with van der Waals surface area (Å²) in [6.07, 6.45) is 2.10. The number of aromatic nitrogens is 1. The van der Waals surface area contributed by atoms with Gasteiger partial charge < -0.3 is 15.2 Å². The minimum atomic E-state index is 0.558. The Labute approximate surface area is 113 Å². The van der Waals surface area contributed by atoms with Crippen molar-refractivity contribution >= 4 is 17.7 Å². The quantitative estimate of drug-likeness (QED) is 0.630. The molecule has 18 heavy (non-hydrogen) atoms. The van der Waals surface area contributed by atoms with Crippen molar-refractivity contribution in [2.45, 2.75) is 32.6 Å². The van der Waals surface area contributed by atoms with Gasteiger partial charge in [0.05, 0.1) is 5.69 Å². The summed E-state index contributed by atoms with van der Waals surface area (Å²) in [5.74, 6) is 1.66. The molecule has 1 aromatic heterocycles. The summed E-state index contributed by atoms with van der Waals surface area (Å²) in [5, 5.41) is 11.0. The van der Waals surface area contributed by atoms with Crippen LogP contribution in [0.2, 0.25) is 0 Å². The minimum absolute atomic E-state index is 0.558. The molecule has 0 aliphatic rings. The van der Waals surface area contributed by atoms with E-state index in [1.54, 1.807) is 7.05 Å². The Morgan fingerprint density at radius 3 is 2.67 bits per heavy atom. The second-order valence-electron chi connectivity index (χ2n) is 4.16. The van der Waals surface area contributed by atoms with Crippen molar-refractivity contribution in [3.63, 3.8) is 0 Å². The lowest BCUT2D eigenvalue weighted by atomic mass is 10.2. The summed E-state index contributed by atoms with van der Waals surface area (Å²) in [7, 11) is 1.77. The highest BCUT2D eigenvalue weighted by Gasteiger charge is 2.09. The van der Waals surface area contributed by atoms with E-state index in [-0.39, 0.29) is 0 Å². The van der Waals surface area contributed by atoms with Crippen LogP contribution >= 0.6 is 11.8 Å². The second-order valence-corrected chi connectivity index (χ2v) is 5.43. The fourth-order valence-corrected chi connectivity index (χ4v) is 1.72. The van der Waals surface area contributed by atoms with Crippen LogP contribution in [0.5, 0.6) is 0 Å². The van der Waals surface area contributed by atoms with E-state index in [1.807, 2.05) is 25.6 Å². The number of nitrogens with one attached hydrogen (secondary N) is 2. The molecule has 1 unspecified atom stereocenters. The van der Waals surface area contributed by atoms with Crippen LogP contribution in [0.4, 0.5) is 0 Å². The molecule has 0 aliphatic carbocycles. The van der Waals surface area contributed by atoms with Crippen LogP contribution in [0.1, 0.15) is 23.9 Å². The molecular weight excluding hydrogens is 248 g/mol. The Morgan fingerprint density at radius 2 is 2.17 bits per heavy atom. The number of hydrogen-bond donors (Lipinski definition) is 2. The third-order valence-electron chi connectivity index (χ3n) is 2.80. The Bertz CT molecular complexity index is 383. The molecule has 0 saturated carbocycles. The first kappa shape index (κ1) is 14.9. The second kappa shape index (κ2) is 7.31. The van der Waals surface area contributed by atoms with Crippen LogP contribution in [0.3, 0.4) is 0 Å². The zero-order valence-electron chi connectivity index (χ0n) is 11.7. The molecule has 0 spiro atoms. The van der Waals surface area contributed by atoms with Crippen molar-refractivity contribution in [1.29, 1.82) is 0 Å². The number of thioether (sulfide) groups is 1. The van der Waals surface area contributed by atoms with Gasteiger partial charge in [0, 0.05) is 31.0 Å². The lowest BCUT2D eigenvalue weighted by molar-refractivity contribution is 0.392. The molecule has 0 bridgehead atoms. The normalized spacial score (nSPS) is 13.5. The number of rotatable bonds is 5. The van der Waals surface area contributed by atoms with E-state index < -0.39 is 0 Å². The van der Waals surface area contributed by atoms with Crippen molar-refractivity contribution in [2.75, 3.05) is 19.8 Å². The van der Waals surface area contributed by atoms with Crippen molar-refractivity contribution in [2.24, 2.45) is 4.99 Å². The fraction of sp³-hybridized carbons (Fsp3) is 0.667. The van der Waals surface area contributed by atoms with Gasteiger partial charge in [-0.15, -0.1) is 0 Å². The van der Waals surface area contributed by atoms with Gasteiger partial charge in [0.15, 0.2) is 5.96 Å². The molecule has 2 N–H and O–H groups in total. The molecular formula is C12H22N4OS. The summed E-state index contributed by atoms with van der Waals surface area (Å²) in [4.78, 5) is 4.19. The molecule has 102 valence electrons. The molecule has 6 heteroatoms. The van der Waals surface area contributed by atoms with Crippen LogP contribution in [0.15, 0.2) is 9.52 Å². The highest BCUT2D eigenvalue weighted by molar-refractivity contribution is 7.99. The number of aliphatic imine (C=N–C) groups is 1. The van der Waals surface area contributed by atoms with Crippen LogP contribution in [0, 0.1) is 13.8 Å². The largest absolute Gasteiger partial charge is 0.361 e. The molecule has 1 atom stereocenters. The number of hydrogen-bond acceptors (Lipinski definition) is 4. The van der Waals surface area contributed by atoms with Gasteiger partial charge in [-0.25, -0.2) is 0 Å². The highest BCUT2D eigenvalue weighted by atomic mass is 32.2. The van der Waals surface area contributed by atoms with E-state index in [0.29, 0.717) is 11.8 Å². The van der Waals surface area contributed by atoms with E-state index >= 15 is 0 Å². The predicted octanol–water partition coefficient (Wildman–Crippen LogP) is 1.71. The van der Waals surface area contributed by atoms with E-state index in [4.69, 9.17) is 4.52 Å². The molecule has 0 amide bonds. The first-order valence-electron chi connectivity index (χ1n) is 5.97. The third-order valence-corrected chi connectivity index (χ3v) is 3.77. The van der Waals surface area contributed by atoms with E-state index in [1.165, 1.54) is 0 Å². The maximum absolute atomic E-state index is 5.12. The van der Waals surface area contributed by atoms with E-state index in [2.05, 4.69) is 34.0 Å². The number of nitrogens with zero attached hydrogens (tertiary/aromatic N) is 2. The van der Waals surface area contributed by atoms with Gasteiger partial charge in [-0.1, -0.05) is 12.1 Å². The standard InChI is InChI=1S/C12H22N4OS/c1-8(18-5)6-14-12(13-4)15-7-11-9(2)16-17-10(11)3/h8H,6-7H2,1-5H3,(H2,13,14,15). The SMILES string of the molecule is CN=C(NCc1c(C)noc1C)NCC(C)SC. The molecule has 0 saturated heterocycles. The molecule has 0 aliphatic heterocycles. The molecule has 0 aromatic carbocycles. The average molecular weight is 270 g/mol. The van der Waals surface area contributed by atoms with Crippen molar-refractivity contribution in [1.82, 2.24) is 15.8 Å². The van der Waals surface area contributed by atoms with Crippen molar-refractivity contribution in [3.05, 3.63) is 17.0 Å². The average Bonchev–Trinajstić information content (AvgIpc) is 2.69. The smallest absolute Gasteiger partial charge is 0.191 e. The Kier molecular flexibility index (Phi) is 6.04. The topological polar surface area (TPSA) is 62.5 Å². The molecule has 1 rings (SSSR count). The number of aryl methyl sites for hydroxylation is 2. The van der Waals surface area contributed by atoms with Crippen LogP contribution in [0.25, 0.3) is 0 Å². The van der Waals surface area contributed by atoms with Crippen molar-refractivity contribution < 1.29 is 4.52 Å². The van der Waals surface area contributed by atoms with E-state index in [9.17, 15) is 0 Å². The lowest BCUT2D eigenvalue weighted by Gasteiger charge is -2.14. The van der Waals surface area contributed by atoms with Crippen LogP contribution in [-0.2, 0) is 6.54 Å². The molecule has 0 fully saturated rings. The summed E-state index contributed by atoms with van der Waals surface area (Å²) in [5.41, 5.74) is 2.02. The Morgan fingerprint density at radius 1 is 1.44 bits per heavy atom. The maximum Gasteiger partial charge on any atom is 0.191 e. The zero-order chi connectivity index (χ0) is 13.5. The van der Waals surface area contributed by atoms with Gasteiger partial charge in [0.1, 0.15) is 5.76 Å². The van der Waals surface area contributed by atoms with Gasteiger partial charge in [-0.05, 0) is 20.1 Å². The maximum atomic E-state index is 5.12. The van der Waals surface area contributed by atoms with Crippen LogP contribution in [-0.4, -0.2) is 36.2 Å². The predicted molar refractivity (Wildman–Crippen MR) is 77.2 cm³/mol. The lowest BCUT2D eigenvalue weighted by Crippen LogP contribution is -2.39. The molecule has 1 heterocycles. The summed E-state index contributed by atoms with van der Waals surface area (Å²) >= 11 is 1.83. The minimum Gasteiger partial charge on any atom is -0.361 e. The summed E-state index contributed by atoms with van der Waals surface area (Å²) in [6, 6.07) is 0.